The minimum absolute atomic E-state index is 0.00671. The Kier molecular flexibility index (Phi) is 2.91. The molecule has 5 heteroatoms. The maximum atomic E-state index is 5.48. The van der Waals surface area contributed by atoms with Crippen molar-refractivity contribution >= 4 is 0 Å². The Morgan fingerprint density at radius 2 is 2.44 bits per heavy atom. The highest BCUT2D eigenvalue weighted by molar-refractivity contribution is 5.51. The minimum atomic E-state index is -0.00671. The summed E-state index contributed by atoms with van der Waals surface area (Å²) in [5, 5.41) is 7.48. The quantitative estimate of drug-likeness (QED) is 0.902. The standard InChI is InChI=1S/C13H17N3O2/c1-2-13(5-3-6-14-9-13)12-15-11(16-18-12)10-4-7-17-8-10/h4,7-8,14H,2-3,5-6,9H2,1H3. The van der Waals surface area contributed by atoms with Crippen LogP contribution in [0, 0.1) is 0 Å². The second-order valence-electron chi connectivity index (χ2n) is 4.85. The highest BCUT2D eigenvalue weighted by Gasteiger charge is 2.37. The molecule has 1 unspecified atom stereocenters. The zero-order valence-electron chi connectivity index (χ0n) is 10.5. The van der Waals surface area contributed by atoms with Gasteiger partial charge in [-0.3, -0.25) is 0 Å². The zero-order valence-corrected chi connectivity index (χ0v) is 10.5. The predicted octanol–water partition coefficient (Wildman–Crippen LogP) is 2.36. The van der Waals surface area contributed by atoms with E-state index in [2.05, 4.69) is 22.4 Å². The minimum Gasteiger partial charge on any atom is -0.472 e. The fourth-order valence-electron chi connectivity index (χ4n) is 2.55. The molecular formula is C13H17N3O2. The van der Waals surface area contributed by atoms with Gasteiger partial charge in [-0.15, -0.1) is 0 Å². The Morgan fingerprint density at radius 1 is 1.50 bits per heavy atom. The van der Waals surface area contributed by atoms with E-state index >= 15 is 0 Å². The van der Waals surface area contributed by atoms with Crippen LogP contribution in [-0.4, -0.2) is 23.2 Å². The van der Waals surface area contributed by atoms with Crippen LogP contribution < -0.4 is 5.32 Å². The highest BCUT2D eigenvalue weighted by atomic mass is 16.5. The first-order valence-corrected chi connectivity index (χ1v) is 6.41. The molecule has 18 heavy (non-hydrogen) atoms. The van der Waals surface area contributed by atoms with Crippen molar-refractivity contribution in [1.82, 2.24) is 15.5 Å². The molecule has 1 aliphatic heterocycles. The Labute approximate surface area is 106 Å². The number of rotatable bonds is 3. The molecule has 1 aliphatic rings. The molecule has 1 atom stereocenters. The lowest BCUT2D eigenvalue weighted by Crippen LogP contribution is -2.43. The molecule has 1 saturated heterocycles. The van der Waals surface area contributed by atoms with Gasteiger partial charge in [-0.05, 0) is 31.9 Å². The monoisotopic (exact) mass is 247 g/mol. The Bertz CT molecular complexity index is 498. The van der Waals surface area contributed by atoms with E-state index in [1.165, 1.54) is 0 Å². The molecule has 3 rings (SSSR count). The molecule has 2 aromatic heterocycles. The smallest absolute Gasteiger partial charge is 0.234 e. The maximum Gasteiger partial charge on any atom is 0.234 e. The van der Waals surface area contributed by atoms with E-state index in [4.69, 9.17) is 8.94 Å². The molecule has 0 radical (unpaired) electrons. The Morgan fingerprint density at radius 3 is 3.11 bits per heavy atom. The number of piperidine rings is 1. The van der Waals surface area contributed by atoms with Crippen molar-refractivity contribution in [3.63, 3.8) is 0 Å². The highest BCUT2D eigenvalue weighted by Crippen LogP contribution is 2.34. The summed E-state index contributed by atoms with van der Waals surface area (Å²) in [6.45, 7) is 4.16. The van der Waals surface area contributed by atoms with Crippen molar-refractivity contribution < 1.29 is 8.94 Å². The zero-order chi connectivity index (χ0) is 12.4. The summed E-state index contributed by atoms with van der Waals surface area (Å²) in [7, 11) is 0. The number of aromatic nitrogens is 2. The molecule has 96 valence electrons. The third-order valence-corrected chi connectivity index (χ3v) is 3.81. The summed E-state index contributed by atoms with van der Waals surface area (Å²) in [4.78, 5) is 4.54. The summed E-state index contributed by atoms with van der Waals surface area (Å²) in [6.07, 6.45) is 6.50. The van der Waals surface area contributed by atoms with E-state index in [1.54, 1.807) is 12.5 Å². The average Bonchev–Trinajstić information content (AvgIpc) is 3.10. The van der Waals surface area contributed by atoms with Gasteiger partial charge >= 0.3 is 0 Å². The first-order valence-electron chi connectivity index (χ1n) is 6.41. The van der Waals surface area contributed by atoms with Crippen LogP contribution >= 0.6 is 0 Å². The van der Waals surface area contributed by atoms with E-state index in [0.717, 1.165) is 43.8 Å². The Balaban J connectivity index is 1.92. The van der Waals surface area contributed by atoms with Gasteiger partial charge in [0.05, 0.1) is 17.2 Å². The molecule has 2 aromatic rings. The van der Waals surface area contributed by atoms with Crippen LogP contribution in [0.3, 0.4) is 0 Å². The van der Waals surface area contributed by atoms with Gasteiger partial charge in [-0.25, -0.2) is 0 Å². The van der Waals surface area contributed by atoms with Crippen molar-refractivity contribution in [1.29, 1.82) is 0 Å². The molecule has 3 heterocycles. The van der Waals surface area contributed by atoms with Gasteiger partial charge < -0.3 is 14.3 Å². The molecule has 5 nitrogen and oxygen atoms in total. The van der Waals surface area contributed by atoms with Crippen molar-refractivity contribution in [2.75, 3.05) is 13.1 Å². The lowest BCUT2D eigenvalue weighted by Gasteiger charge is -2.33. The van der Waals surface area contributed by atoms with E-state index in [1.807, 2.05) is 6.07 Å². The summed E-state index contributed by atoms with van der Waals surface area (Å²) >= 11 is 0. The third-order valence-electron chi connectivity index (χ3n) is 3.81. The van der Waals surface area contributed by atoms with Gasteiger partial charge in [-0.2, -0.15) is 4.98 Å². The molecule has 0 bridgehead atoms. The number of nitrogens with zero attached hydrogens (tertiary/aromatic N) is 2. The number of hydrogen-bond donors (Lipinski definition) is 1. The van der Waals surface area contributed by atoms with Gasteiger partial charge in [0.15, 0.2) is 0 Å². The SMILES string of the molecule is CCC1(c2nc(-c3ccoc3)no2)CCCNC1. The number of hydrogen-bond acceptors (Lipinski definition) is 5. The molecular weight excluding hydrogens is 230 g/mol. The molecule has 0 amide bonds. The first-order chi connectivity index (χ1) is 8.84. The van der Waals surface area contributed by atoms with Gasteiger partial charge in [0, 0.05) is 6.54 Å². The normalized spacial score (nSPS) is 24.3. The van der Waals surface area contributed by atoms with Crippen LogP contribution in [0.25, 0.3) is 11.4 Å². The van der Waals surface area contributed by atoms with Crippen LogP contribution in [0.1, 0.15) is 32.1 Å². The lowest BCUT2D eigenvalue weighted by molar-refractivity contribution is 0.221. The van der Waals surface area contributed by atoms with Crippen molar-refractivity contribution in [2.24, 2.45) is 0 Å². The van der Waals surface area contributed by atoms with Crippen LogP contribution in [-0.2, 0) is 5.41 Å². The molecule has 0 spiro atoms. The largest absolute Gasteiger partial charge is 0.472 e. The summed E-state index contributed by atoms with van der Waals surface area (Å²) in [5.74, 6) is 1.35. The van der Waals surface area contributed by atoms with Gasteiger partial charge in [-0.1, -0.05) is 12.1 Å². The van der Waals surface area contributed by atoms with Crippen molar-refractivity contribution in [3.05, 3.63) is 24.5 Å². The lowest BCUT2D eigenvalue weighted by atomic mass is 9.78. The van der Waals surface area contributed by atoms with Gasteiger partial charge in [0.1, 0.15) is 6.26 Å². The van der Waals surface area contributed by atoms with E-state index in [0.29, 0.717) is 5.82 Å². The fraction of sp³-hybridized carbons (Fsp3) is 0.538. The van der Waals surface area contributed by atoms with Crippen LogP contribution in [0.5, 0.6) is 0 Å². The molecule has 1 N–H and O–H groups in total. The second-order valence-corrected chi connectivity index (χ2v) is 4.85. The molecule has 0 aliphatic carbocycles. The van der Waals surface area contributed by atoms with E-state index in [-0.39, 0.29) is 5.41 Å². The van der Waals surface area contributed by atoms with Gasteiger partial charge in [0.2, 0.25) is 11.7 Å². The number of furan rings is 1. The predicted molar refractivity (Wildman–Crippen MR) is 66.1 cm³/mol. The summed E-state index contributed by atoms with van der Waals surface area (Å²) < 4.78 is 10.5. The van der Waals surface area contributed by atoms with Crippen LogP contribution in [0.4, 0.5) is 0 Å². The van der Waals surface area contributed by atoms with Gasteiger partial charge in [0.25, 0.3) is 0 Å². The van der Waals surface area contributed by atoms with Crippen molar-refractivity contribution in [2.45, 2.75) is 31.6 Å². The summed E-state index contributed by atoms with van der Waals surface area (Å²) in [5.41, 5.74) is 0.854. The molecule has 0 saturated carbocycles. The molecule has 0 aromatic carbocycles. The first kappa shape index (κ1) is 11.5. The fourth-order valence-corrected chi connectivity index (χ4v) is 2.55. The Hall–Kier alpha value is -1.62. The topological polar surface area (TPSA) is 64.1 Å². The average molecular weight is 247 g/mol. The third kappa shape index (κ3) is 1.84. The summed E-state index contributed by atoms with van der Waals surface area (Å²) in [6, 6.07) is 1.84. The molecule has 1 fully saturated rings. The number of nitrogens with one attached hydrogen (secondary N) is 1. The maximum absolute atomic E-state index is 5.48. The van der Waals surface area contributed by atoms with Crippen molar-refractivity contribution in [3.8, 4) is 11.4 Å². The van der Waals surface area contributed by atoms with E-state index in [9.17, 15) is 0 Å². The second kappa shape index (κ2) is 4.57. The van der Waals surface area contributed by atoms with E-state index < -0.39 is 0 Å². The van der Waals surface area contributed by atoms with Crippen LogP contribution in [0.2, 0.25) is 0 Å². The van der Waals surface area contributed by atoms with Crippen LogP contribution in [0.15, 0.2) is 27.5 Å².